The van der Waals surface area contributed by atoms with Gasteiger partial charge in [0.2, 0.25) is 0 Å². The van der Waals surface area contributed by atoms with Gasteiger partial charge >= 0.3 is 5.69 Å². The van der Waals surface area contributed by atoms with Crippen molar-refractivity contribution < 1.29 is 20.1 Å². The van der Waals surface area contributed by atoms with Crippen LogP contribution in [0.1, 0.15) is 13.2 Å². The number of aromatic nitrogens is 2. The maximum Gasteiger partial charge on any atom is 0.330 e. The van der Waals surface area contributed by atoms with Crippen LogP contribution in [0.2, 0.25) is 0 Å². The van der Waals surface area contributed by atoms with Crippen LogP contribution >= 0.6 is 0 Å². The van der Waals surface area contributed by atoms with Gasteiger partial charge in [0, 0.05) is 12.3 Å². The minimum absolute atomic E-state index is 0.573. The highest BCUT2D eigenvalue weighted by Gasteiger charge is 2.45. The molecule has 18 heavy (non-hydrogen) atoms. The zero-order valence-corrected chi connectivity index (χ0v) is 9.56. The van der Waals surface area contributed by atoms with E-state index in [1.807, 2.05) is 4.98 Å². The quantitative estimate of drug-likeness (QED) is 0.466. The first-order valence-electron chi connectivity index (χ1n) is 5.43. The smallest absolute Gasteiger partial charge is 0.330 e. The molecule has 0 aliphatic carbocycles. The topological polar surface area (TPSA) is 125 Å². The molecule has 1 aliphatic rings. The first-order chi connectivity index (χ1) is 8.41. The maximum atomic E-state index is 11.5. The van der Waals surface area contributed by atoms with Gasteiger partial charge in [-0.15, -0.1) is 0 Å². The number of aliphatic hydroxyl groups excluding tert-OH is 3. The van der Waals surface area contributed by atoms with Crippen LogP contribution in [0.25, 0.3) is 0 Å². The van der Waals surface area contributed by atoms with Gasteiger partial charge in [-0.1, -0.05) is 0 Å². The second kappa shape index (κ2) is 4.65. The number of nitrogens with zero attached hydrogens (tertiary/aromatic N) is 1. The number of ether oxygens (including phenoxy) is 1. The summed E-state index contributed by atoms with van der Waals surface area (Å²) in [4.78, 5) is 24.5. The summed E-state index contributed by atoms with van der Waals surface area (Å²) >= 11 is 0. The molecule has 1 fully saturated rings. The second-order valence-electron chi connectivity index (χ2n) is 4.23. The van der Waals surface area contributed by atoms with Crippen LogP contribution in [0.4, 0.5) is 0 Å². The molecule has 2 rings (SSSR count). The van der Waals surface area contributed by atoms with Gasteiger partial charge in [0.1, 0.15) is 18.3 Å². The third-order valence-corrected chi connectivity index (χ3v) is 2.88. The summed E-state index contributed by atoms with van der Waals surface area (Å²) in [5.74, 6) is 0. The van der Waals surface area contributed by atoms with Crippen LogP contribution < -0.4 is 11.2 Å². The third-order valence-electron chi connectivity index (χ3n) is 2.88. The molecule has 0 spiro atoms. The normalized spacial score (nSPS) is 33.6. The van der Waals surface area contributed by atoms with Crippen LogP contribution in [0.5, 0.6) is 0 Å². The number of hydrogen-bond acceptors (Lipinski definition) is 6. The molecule has 0 saturated carbocycles. The summed E-state index contributed by atoms with van der Waals surface area (Å²) < 4.78 is 6.20. The highest BCUT2D eigenvalue weighted by Crippen LogP contribution is 2.29. The molecule has 2 unspecified atom stereocenters. The summed E-state index contributed by atoms with van der Waals surface area (Å²) in [6.45, 7) is 1.40. The Balaban J connectivity index is 2.35. The fourth-order valence-electron chi connectivity index (χ4n) is 1.94. The van der Waals surface area contributed by atoms with Crippen LogP contribution in [0, 0.1) is 0 Å². The molecule has 1 aromatic heterocycles. The Bertz CT molecular complexity index is 536. The molecule has 1 saturated heterocycles. The van der Waals surface area contributed by atoms with Crippen molar-refractivity contribution in [1.29, 1.82) is 0 Å². The average molecular weight is 258 g/mol. The first-order valence-corrected chi connectivity index (χ1v) is 5.43. The zero-order chi connectivity index (χ0) is 13.4. The number of H-pyrrole nitrogens is 1. The van der Waals surface area contributed by atoms with Gasteiger partial charge in [-0.05, 0) is 6.92 Å². The third kappa shape index (κ3) is 2.10. The SMILES string of the molecule is CC(O)[C@H]1O[C@@H](n2ccc(=O)[nH]c2=O)[C@@H](O)C1O. The van der Waals surface area contributed by atoms with E-state index in [1.54, 1.807) is 0 Å². The van der Waals surface area contributed by atoms with Gasteiger partial charge in [0.25, 0.3) is 5.56 Å². The van der Waals surface area contributed by atoms with E-state index in [4.69, 9.17) is 4.74 Å². The lowest BCUT2D eigenvalue weighted by atomic mass is 10.1. The molecule has 5 atom stereocenters. The summed E-state index contributed by atoms with van der Waals surface area (Å²) in [6, 6.07) is 1.10. The molecule has 0 radical (unpaired) electrons. The molecular weight excluding hydrogens is 244 g/mol. The van der Waals surface area contributed by atoms with Gasteiger partial charge in [-0.25, -0.2) is 4.79 Å². The zero-order valence-electron chi connectivity index (χ0n) is 9.56. The first kappa shape index (κ1) is 13.0. The lowest BCUT2D eigenvalue weighted by Gasteiger charge is -2.17. The molecule has 2 heterocycles. The van der Waals surface area contributed by atoms with Gasteiger partial charge < -0.3 is 20.1 Å². The highest BCUT2D eigenvalue weighted by molar-refractivity contribution is 4.94. The van der Waals surface area contributed by atoms with Crippen molar-refractivity contribution >= 4 is 0 Å². The Labute approximate surface area is 101 Å². The predicted octanol–water partition coefficient (Wildman–Crippen LogP) is -2.46. The standard InChI is InChI=1S/C10H14N2O6/c1-4(13)8-6(15)7(16)9(18-8)12-3-2-5(14)11-10(12)17/h2-4,6-9,13,15-16H,1H3,(H,11,14,17)/t4?,6?,7-,8+,9+/m0/s1. The Kier molecular flexibility index (Phi) is 3.35. The van der Waals surface area contributed by atoms with E-state index in [0.29, 0.717) is 0 Å². The summed E-state index contributed by atoms with van der Waals surface area (Å²) in [7, 11) is 0. The van der Waals surface area contributed by atoms with E-state index in [-0.39, 0.29) is 0 Å². The fourth-order valence-corrected chi connectivity index (χ4v) is 1.94. The van der Waals surface area contributed by atoms with Crippen LogP contribution in [0.3, 0.4) is 0 Å². The minimum Gasteiger partial charge on any atom is -0.391 e. The average Bonchev–Trinajstić information content (AvgIpc) is 2.57. The molecule has 1 aromatic rings. The van der Waals surface area contributed by atoms with Crippen molar-refractivity contribution in [3.63, 3.8) is 0 Å². The molecule has 1 aliphatic heterocycles. The predicted molar refractivity (Wildman–Crippen MR) is 58.9 cm³/mol. The molecular formula is C10H14N2O6. The van der Waals surface area contributed by atoms with E-state index in [0.717, 1.165) is 16.8 Å². The van der Waals surface area contributed by atoms with Crippen molar-refractivity contribution in [3.8, 4) is 0 Å². The lowest BCUT2D eigenvalue weighted by Crippen LogP contribution is -2.38. The van der Waals surface area contributed by atoms with Crippen LogP contribution in [-0.2, 0) is 4.74 Å². The van der Waals surface area contributed by atoms with Crippen molar-refractivity contribution in [2.24, 2.45) is 0 Å². The van der Waals surface area contributed by atoms with Crippen molar-refractivity contribution in [2.75, 3.05) is 0 Å². The number of rotatable bonds is 2. The summed E-state index contributed by atoms with van der Waals surface area (Å²) in [6.07, 6.45) is -4.67. The van der Waals surface area contributed by atoms with E-state index in [2.05, 4.69) is 0 Å². The molecule has 0 aromatic carbocycles. The molecule has 8 heteroatoms. The largest absolute Gasteiger partial charge is 0.391 e. The van der Waals surface area contributed by atoms with Crippen LogP contribution in [0.15, 0.2) is 21.9 Å². The summed E-state index contributed by atoms with van der Waals surface area (Å²) in [5, 5.41) is 28.8. The Morgan fingerprint density at radius 1 is 1.39 bits per heavy atom. The maximum absolute atomic E-state index is 11.5. The van der Waals surface area contributed by atoms with Gasteiger partial charge in [-0.3, -0.25) is 14.3 Å². The number of hydrogen-bond donors (Lipinski definition) is 4. The van der Waals surface area contributed by atoms with Crippen molar-refractivity contribution in [2.45, 2.75) is 37.6 Å². The van der Waals surface area contributed by atoms with E-state index >= 15 is 0 Å². The monoisotopic (exact) mass is 258 g/mol. The Morgan fingerprint density at radius 3 is 2.56 bits per heavy atom. The molecule has 100 valence electrons. The molecule has 8 nitrogen and oxygen atoms in total. The minimum atomic E-state index is -1.37. The van der Waals surface area contributed by atoms with Crippen molar-refractivity contribution in [3.05, 3.63) is 33.1 Å². The molecule has 0 bridgehead atoms. The Morgan fingerprint density at radius 2 is 2.06 bits per heavy atom. The highest BCUT2D eigenvalue weighted by atomic mass is 16.6. The summed E-state index contributed by atoms with van der Waals surface area (Å²) in [5.41, 5.74) is -1.33. The molecule has 0 amide bonds. The van der Waals surface area contributed by atoms with E-state index in [1.165, 1.54) is 6.92 Å². The van der Waals surface area contributed by atoms with Gasteiger partial charge in [-0.2, -0.15) is 0 Å². The van der Waals surface area contributed by atoms with Gasteiger partial charge in [0.05, 0.1) is 6.10 Å². The number of aromatic amines is 1. The van der Waals surface area contributed by atoms with E-state index < -0.39 is 41.9 Å². The van der Waals surface area contributed by atoms with Gasteiger partial charge in [0.15, 0.2) is 6.23 Å². The number of aliphatic hydroxyl groups is 3. The fraction of sp³-hybridized carbons (Fsp3) is 0.600. The van der Waals surface area contributed by atoms with Crippen molar-refractivity contribution in [1.82, 2.24) is 9.55 Å². The second-order valence-corrected chi connectivity index (χ2v) is 4.23. The molecule has 4 N–H and O–H groups in total. The van der Waals surface area contributed by atoms with E-state index in [9.17, 15) is 24.9 Å². The van der Waals surface area contributed by atoms with Crippen LogP contribution in [-0.4, -0.2) is 49.3 Å². The number of nitrogens with one attached hydrogen (secondary N) is 1. The lowest BCUT2D eigenvalue weighted by molar-refractivity contribution is -0.0804. The Hall–Kier alpha value is -1.48.